The van der Waals surface area contributed by atoms with E-state index in [1.807, 2.05) is 6.92 Å². The Hall–Kier alpha value is -2.12. The molecular formula is C13H13N3O3S. The number of nitrogens with one attached hydrogen (secondary N) is 1. The summed E-state index contributed by atoms with van der Waals surface area (Å²) in [6.07, 6.45) is 1.66. The molecule has 20 heavy (non-hydrogen) atoms. The zero-order valence-electron chi connectivity index (χ0n) is 10.8. The Kier molecular flexibility index (Phi) is 2.88. The van der Waals surface area contributed by atoms with Gasteiger partial charge in [-0.25, -0.2) is 18.5 Å². The van der Waals surface area contributed by atoms with Crippen molar-refractivity contribution < 1.29 is 13.2 Å². The van der Waals surface area contributed by atoms with Gasteiger partial charge in [0, 0.05) is 22.4 Å². The summed E-state index contributed by atoms with van der Waals surface area (Å²) < 4.78 is 28.2. The monoisotopic (exact) mass is 291 g/mol. The Morgan fingerprint density at radius 2 is 2.00 bits per heavy atom. The number of nitrogens with zero attached hydrogens (tertiary/aromatic N) is 1. The summed E-state index contributed by atoms with van der Waals surface area (Å²) in [4.78, 5) is 7.42. The Labute approximate surface area is 115 Å². The molecule has 0 aliphatic heterocycles. The molecule has 0 aliphatic carbocycles. The fourth-order valence-electron chi connectivity index (χ4n) is 2.16. The first-order valence-electron chi connectivity index (χ1n) is 6.06. The van der Waals surface area contributed by atoms with Crippen LogP contribution in [-0.2, 0) is 10.0 Å². The molecule has 2 heterocycles. The molecule has 2 aromatic heterocycles. The van der Waals surface area contributed by atoms with Gasteiger partial charge in [-0.1, -0.05) is 0 Å². The number of primary sulfonamides is 1. The van der Waals surface area contributed by atoms with Gasteiger partial charge in [0.25, 0.3) is 0 Å². The second-order valence-corrected chi connectivity index (χ2v) is 5.94. The molecule has 0 atom stereocenters. The van der Waals surface area contributed by atoms with Crippen LogP contribution in [0.15, 0.2) is 35.4 Å². The van der Waals surface area contributed by atoms with Crippen LogP contribution in [0.5, 0.6) is 5.88 Å². The smallest absolute Gasteiger partial charge is 0.238 e. The first-order valence-corrected chi connectivity index (χ1v) is 7.61. The van der Waals surface area contributed by atoms with E-state index >= 15 is 0 Å². The molecule has 0 aliphatic rings. The first kappa shape index (κ1) is 12.9. The highest BCUT2D eigenvalue weighted by Crippen LogP contribution is 2.28. The van der Waals surface area contributed by atoms with Gasteiger partial charge in [-0.3, -0.25) is 0 Å². The number of hydrogen-bond acceptors (Lipinski definition) is 4. The highest BCUT2D eigenvalue weighted by Gasteiger charge is 2.12. The fraction of sp³-hybridized carbons (Fsp3) is 0.154. The van der Waals surface area contributed by atoms with Crippen LogP contribution in [0.1, 0.15) is 6.92 Å². The van der Waals surface area contributed by atoms with E-state index < -0.39 is 10.0 Å². The predicted molar refractivity (Wildman–Crippen MR) is 76.1 cm³/mol. The number of aromatic nitrogens is 2. The van der Waals surface area contributed by atoms with Crippen molar-refractivity contribution in [1.29, 1.82) is 0 Å². The summed E-state index contributed by atoms with van der Waals surface area (Å²) >= 11 is 0. The van der Waals surface area contributed by atoms with Crippen LogP contribution in [0.3, 0.4) is 0 Å². The van der Waals surface area contributed by atoms with Gasteiger partial charge >= 0.3 is 0 Å². The summed E-state index contributed by atoms with van der Waals surface area (Å²) in [5, 5.41) is 6.79. The quantitative estimate of drug-likeness (QED) is 0.768. The lowest BCUT2D eigenvalue weighted by Crippen LogP contribution is -2.11. The number of rotatable bonds is 3. The van der Waals surface area contributed by atoms with Gasteiger partial charge in [-0.2, -0.15) is 0 Å². The molecule has 1 aromatic carbocycles. The zero-order valence-corrected chi connectivity index (χ0v) is 11.6. The maximum Gasteiger partial charge on any atom is 0.238 e. The number of ether oxygens (including phenoxy) is 1. The van der Waals surface area contributed by atoms with E-state index in [2.05, 4.69) is 9.97 Å². The van der Waals surface area contributed by atoms with Gasteiger partial charge in [0.1, 0.15) is 0 Å². The molecule has 0 saturated heterocycles. The van der Waals surface area contributed by atoms with Gasteiger partial charge < -0.3 is 9.72 Å². The highest BCUT2D eigenvalue weighted by molar-refractivity contribution is 7.89. The lowest BCUT2D eigenvalue weighted by atomic mass is 10.2. The van der Waals surface area contributed by atoms with Crippen molar-refractivity contribution in [2.45, 2.75) is 11.8 Å². The molecule has 7 heteroatoms. The van der Waals surface area contributed by atoms with E-state index in [0.29, 0.717) is 12.5 Å². The lowest BCUT2D eigenvalue weighted by Gasteiger charge is -2.01. The minimum atomic E-state index is -3.72. The molecule has 6 nitrogen and oxygen atoms in total. The molecule has 3 N–H and O–H groups in total. The number of H-pyrrole nitrogens is 1. The van der Waals surface area contributed by atoms with E-state index in [9.17, 15) is 8.42 Å². The van der Waals surface area contributed by atoms with E-state index in [1.54, 1.807) is 24.4 Å². The SMILES string of the molecule is CCOc1cc2c(cn1)[nH]c1ccc(S(N)(=O)=O)cc12. The van der Waals surface area contributed by atoms with Crippen LogP contribution >= 0.6 is 0 Å². The van der Waals surface area contributed by atoms with Gasteiger partial charge in [0.05, 0.1) is 23.2 Å². The second kappa shape index (κ2) is 4.46. The third-order valence-electron chi connectivity index (χ3n) is 3.05. The molecule has 3 aromatic rings. The van der Waals surface area contributed by atoms with Crippen molar-refractivity contribution in [2.75, 3.05) is 6.61 Å². The molecule has 0 amide bonds. The number of benzene rings is 1. The molecule has 3 rings (SSSR count). The summed E-state index contributed by atoms with van der Waals surface area (Å²) in [5.41, 5.74) is 1.64. The average Bonchev–Trinajstić information content (AvgIpc) is 2.75. The molecule has 0 bridgehead atoms. The van der Waals surface area contributed by atoms with Crippen LogP contribution in [-0.4, -0.2) is 25.0 Å². The van der Waals surface area contributed by atoms with E-state index in [1.165, 1.54) is 6.07 Å². The van der Waals surface area contributed by atoms with Crippen LogP contribution in [0, 0.1) is 0 Å². The lowest BCUT2D eigenvalue weighted by molar-refractivity contribution is 0.327. The van der Waals surface area contributed by atoms with Crippen molar-refractivity contribution in [1.82, 2.24) is 9.97 Å². The third-order valence-corrected chi connectivity index (χ3v) is 3.96. The number of fused-ring (bicyclic) bond motifs is 3. The molecule has 0 unspecified atom stereocenters. The Morgan fingerprint density at radius 1 is 1.25 bits per heavy atom. The summed E-state index contributed by atoms with van der Waals surface area (Å²) in [7, 11) is -3.72. The van der Waals surface area contributed by atoms with Crippen LogP contribution in [0.2, 0.25) is 0 Å². The summed E-state index contributed by atoms with van der Waals surface area (Å²) in [6, 6.07) is 6.50. The van der Waals surface area contributed by atoms with Gasteiger partial charge in [-0.05, 0) is 25.1 Å². The number of hydrogen-bond donors (Lipinski definition) is 2. The minimum Gasteiger partial charge on any atom is -0.478 e. The maximum absolute atomic E-state index is 11.4. The topological polar surface area (TPSA) is 98.1 Å². The Bertz CT molecular complexity index is 900. The normalized spacial score (nSPS) is 12.1. The first-order chi connectivity index (χ1) is 9.49. The largest absolute Gasteiger partial charge is 0.478 e. The van der Waals surface area contributed by atoms with Gasteiger partial charge in [-0.15, -0.1) is 0 Å². The number of nitrogens with two attached hydrogens (primary N) is 1. The highest BCUT2D eigenvalue weighted by atomic mass is 32.2. The van der Waals surface area contributed by atoms with Crippen molar-refractivity contribution >= 4 is 31.8 Å². The maximum atomic E-state index is 11.4. The average molecular weight is 291 g/mol. The molecule has 0 saturated carbocycles. The van der Waals surface area contributed by atoms with Gasteiger partial charge in [0.2, 0.25) is 15.9 Å². The molecule has 0 fully saturated rings. The molecule has 0 radical (unpaired) electrons. The number of pyridine rings is 1. The summed E-state index contributed by atoms with van der Waals surface area (Å²) in [5.74, 6) is 0.502. The second-order valence-electron chi connectivity index (χ2n) is 4.38. The predicted octanol–water partition coefficient (Wildman–Crippen LogP) is 1.76. The zero-order chi connectivity index (χ0) is 14.3. The molecule has 0 spiro atoms. The number of sulfonamides is 1. The van der Waals surface area contributed by atoms with Crippen LogP contribution in [0.25, 0.3) is 21.8 Å². The third kappa shape index (κ3) is 2.10. The Balaban J connectivity index is 2.31. The fourth-order valence-corrected chi connectivity index (χ4v) is 2.70. The minimum absolute atomic E-state index is 0.0840. The van der Waals surface area contributed by atoms with E-state index in [4.69, 9.17) is 9.88 Å². The van der Waals surface area contributed by atoms with Crippen molar-refractivity contribution in [3.05, 3.63) is 30.5 Å². The van der Waals surface area contributed by atoms with Crippen molar-refractivity contribution in [3.8, 4) is 5.88 Å². The standard InChI is InChI=1S/C13H13N3O3S/c1-2-19-13-6-10-9-5-8(20(14,17)18)3-4-11(9)16-12(10)7-15-13/h3-7,16H,2H2,1H3,(H2,14,17,18). The summed E-state index contributed by atoms with van der Waals surface area (Å²) in [6.45, 7) is 2.39. The van der Waals surface area contributed by atoms with Crippen molar-refractivity contribution in [2.24, 2.45) is 5.14 Å². The van der Waals surface area contributed by atoms with Gasteiger partial charge in [0.15, 0.2) is 0 Å². The van der Waals surface area contributed by atoms with Crippen LogP contribution < -0.4 is 9.88 Å². The van der Waals surface area contributed by atoms with Crippen molar-refractivity contribution in [3.63, 3.8) is 0 Å². The van der Waals surface area contributed by atoms with Crippen LogP contribution in [0.4, 0.5) is 0 Å². The molecule has 104 valence electrons. The molecular weight excluding hydrogens is 278 g/mol. The number of aromatic amines is 1. The van der Waals surface area contributed by atoms with E-state index in [0.717, 1.165) is 21.8 Å². The Morgan fingerprint density at radius 3 is 2.70 bits per heavy atom. The van der Waals surface area contributed by atoms with E-state index in [-0.39, 0.29) is 4.90 Å².